The molecule has 0 radical (unpaired) electrons. The zero-order valence-corrected chi connectivity index (χ0v) is 14.2. The first-order chi connectivity index (χ1) is 12.4. The van der Waals surface area contributed by atoms with Crippen molar-refractivity contribution in [3.8, 4) is 11.3 Å². The number of hydrogen-bond acceptors (Lipinski definition) is 5. The predicted octanol–water partition coefficient (Wildman–Crippen LogP) is 2.84. The van der Waals surface area contributed by atoms with E-state index in [0.717, 1.165) is 17.3 Å². The summed E-state index contributed by atoms with van der Waals surface area (Å²) in [5.41, 5.74) is 3.06. The third-order valence-corrected chi connectivity index (χ3v) is 3.75. The number of carboxylic acid groups (broad SMARTS) is 1. The van der Waals surface area contributed by atoms with Gasteiger partial charge in [-0.25, -0.2) is 19.2 Å². The SMILES string of the molecule is Cc1cc(-c2nc(Nc3cnn(C)c3)ncc2F)ccc1CNC(=O)O. The molecule has 0 aliphatic rings. The Hall–Kier alpha value is -3.49. The number of halogens is 1. The lowest BCUT2D eigenvalue weighted by Crippen LogP contribution is -2.20. The highest BCUT2D eigenvalue weighted by Crippen LogP contribution is 2.24. The normalized spacial score (nSPS) is 10.6. The van der Waals surface area contributed by atoms with E-state index in [2.05, 4.69) is 25.7 Å². The predicted molar refractivity (Wildman–Crippen MR) is 93.5 cm³/mol. The van der Waals surface area contributed by atoms with Gasteiger partial charge in [-0.3, -0.25) is 4.68 Å². The summed E-state index contributed by atoms with van der Waals surface area (Å²) >= 11 is 0. The first kappa shape index (κ1) is 17.3. The summed E-state index contributed by atoms with van der Waals surface area (Å²) in [5.74, 6) is -0.291. The molecule has 9 heteroatoms. The van der Waals surface area contributed by atoms with Gasteiger partial charge in [-0.05, 0) is 24.1 Å². The van der Waals surface area contributed by atoms with E-state index in [0.29, 0.717) is 11.3 Å². The highest BCUT2D eigenvalue weighted by molar-refractivity contribution is 5.66. The third kappa shape index (κ3) is 3.94. The average Bonchev–Trinajstić information content (AvgIpc) is 3.00. The van der Waals surface area contributed by atoms with Crippen molar-refractivity contribution in [1.82, 2.24) is 25.1 Å². The number of nitrogens with one attached hydrogen (secondary N) is 2. The number of aromatic nitrogens is 4. The van der Waals surface area contributed by atoms with Crippen LogP contribution in [0.5, 0.6) is 0 Å². The zero-order chi connectivity index (χ0) is 18.7. The Labute approximate surface area is 148 Å². The molecule has 0 aliphatic heterocycles. The molecule has 3 rings (SSSR count). The summed E-state index contributed by atoms with van der Waals surface area (Å²) < 4.78 is 15.9. The molecule has 0 saturated carbocycles. The highest BCUT2D eigenvalue weighted by atomic mass is 19.1. The van der Waals surface area contributed by atoms with Gasteiger partial charge in [0.2, 0.25) is 5.95 Å². The number of nitrogens with zero attached hydrogens (tertiary/aromatic N) is 4. The quantitative estimate of drug-likeness (QED) is 0.649. The fraction of sp³-hybridized carbons (Fsp3) is 0.176. The molecule has 26 heavy (non-hydrogen) atoms. The minimum Gasteiger partial charge on any atom is -0.465 e. The van der Waals surface area contributed by atoms with Crippen LogP contribution < -0.4 is 10.6 Å². The first-order valence-corrected chi connectivity index (χ1v) is 7.77. The van der Waals surface area contributed by atoms with Gasteiger partial charge in [-0.2, -0.15) is 5.10 Å². The number of carbonyl (C=O) groups is 1. The van der Waals surface area contributed by atoms with Crippen LogP contribution in [-0.2, 0) is 13.6 Å². The molecule has 1 aromatic carbocycles. The van der Waals surface area contributed by atoms with Gasteiger partial charge in [0.05, 0.1) is 18.1 Å². The molecule has 0 unspecified atom stereocenters. The van der Waals surface area contributed by atoms with Crippen molar-refractivity contribution in [2.75, 3.05) is 5.32 Å². The van der Waals surface area contributed by atoms with Crippen molar-refractivity contribution in [3.05, 3.63) is 53.7 Å². The van der Waals surface area contributed by atoms with Gasteiger partial charge in [-0.1, -0.05) is 12.1 Å². The van der Waals surface area contributed by atoms with Crippen LogP contribution in [0.25, 0.3) is 11.3 Å². The summed E-state index contributed by atoms with van der Waals surface area (Å²) in [4.78, 5) is 18.8. The van der Waals surface area contributed by atoms with E-state index in [9.17, 15) is 9.18 Å². The number of aryl methyl sites for hydroxylation is 2. The van der Waals surface area contributed by atoms with Gasteiger partial charge in [0.15, 0.2) is 5.82 Å². The third-order valence-electron chi connectivity index (χ3n) is 3.75. The molecule has 0 aliphatic carbocycles. The fourth-order valence-corrected chi connectivity index (χ4v) is 2.46. The Balaban J connectivity index is 1.87. The van der Waals surface area contributed by atoms with Crippen molar-refractivity contribution in [3.63, 3.8) is 0 Å². The molecule has 0 bridgehead atoms. The molecule has 0 atom stereocenters. The van der Waals surface area contributed by atoms with E-state index in [-0.39, 0.29) is 18.2 Å². The first-order valence-electron chi connectivity index (χ1n) is 7.77. The molecule has 0 fully saturated rings. The lowest BCUT2D eigenvalue weighted by atomic mass is 10.0. The lowest BCUT2D eigenvalue weighted by Gasteiger charge is -2.10. The molecule has 3 aromatic rings. The second kappa shape index (κ2) is 7.18. The van der Waals surface area contributed by atoms with Gasteiger partial charge in [0.1, 0.15) is 5.69 Å². The topological polar surface area (TPSA) is 105 Å². The fourth-order valence-electron chi connectivity index (χ4n) is 2.46. The monoisotopic (exact) mass is 356 g/mol. The van der Waals surface area contributed by atoms with Crippen LogP contribution in [-0.4, -0.2) is 30.9 Å². The molecule has 0 saturated heterocycles. The van der Waals surface area contributed by atoms with Crippen LogP contribution in [0.4, 0.5) is 20.8 Å². The van der Waals surface area contributed by atoms with Crippen molar-refractivity contribution in [2.24, 2.45) is 7.05 Å². The Morgan fingerprint density at radius 1 is 1.35 bits per heavy atom. The second-order valence-electron chi connectivity index (χ2n) is 5.72. The summed E-state index contributed by atoms with van der Waals surface area (Å²) in [6, 6.07) is 5.21. The Morgan fingerprint density at radius 2 is 2.15 bits per heavy atom. The summed E-state index contributed by atoms with van der Waals surface area (Å²) in [6.07, 6.45) is 3.37. The molecule has 0 spiro atoms. The van der Waals surface area contributed by atoms with E-state index in [1.807, 2.05) is 6.92 Å². The van der Waals surface area contributed by atoms with Crippen LogP contribution in [0, 0.1) is 12.7 Å². The van der Waals surface area contributed by atoms with Crippen LogP contribution in [0.2, 0.25) is 0 Å². The van der Waals surface area contributed by atoms with Crippen LogP contribution in [0.1, 0.15) is 11.1 Å². The van der Waals surface area contributed by atoms with E-state index in [4.69, 9.17) is 5.11 Å². The number of anilines is 2. The molecule has 8 nitrogen and oxygen atoms in total. The van der Waals surface area contributed by atoms with Crippen molar-refractivity contribution in [1.29, 1.82) is 0 Å². The molecule has 2 aromatic heterocycles. The summed E-state index contributed by atoms with van der Waals surface area (Å²) in [6.45, 7) is 2.01. The Bertz CT molecular complexity index is 956. The minimum atomic E-state index is -1.10. The summed E-state index contributed by atoms with van der Waals surface area (Å²) in [7, 11) is 1.78. The van der Waals surface area contributed by atoms with E-state index >= 15 is 0 Å². The molecule has 1 amide bonds. The van der Waals surface area contributed by atoms with Crippen LogP contribution in [0.3, 0.4) is 0 Å². The minimum absolute atomic E-state index is 0.159. The van der Waals surface area contributed by atoms with Gasteiger partial charge in [0.25, 0.3) is 0 Å². The smallest absolute Gasteiger partial charge is 0.404 e. The average molecular weight is 356 g/mol. The molecular formula is C17H17FN6O2. The second-order valence-corrected chi connectivity index (χ2v) is 5.72. The van der Waals surface area contributed by atoms with E-state index < -0.39 is 11.9 Å². The van der Waals surface area contributed by atoms with Gasteiger partial charge in [0, 0.05) is 25.4 Å². The molecule has 2 heterocycles. The zero-order valence-electron chi connectivity index (χ0n) is 14.2. The number of benzene rings is 1. The molecule has 3 N–H and O–H groups in total. The van der Waals surface area contributed by atoms with Crippen LogP contribution in [0.15, 0.2) is 36.8 Å². The Kier molecular flexibility index (Phi) is 4.78. The Morgan fingerprint density at radius 3 is 2.81 bits per heavy atom. The number of hydrogen-bond donors (Lipinski definition) is 3. The van der Waals surface area contributed by atoms with Gasteiger partial charge >= 0.3 is 6.09 Å². The number of rotatable bonds is 5. The van der Waals surface area contributed by atoms with Gasteiger partial charge < -0.3 is 15.7 Å². The van der Waals surface area contributed by atoms with Gasteiger partial charge in [-0.15, -0.1) is 0 Å². The maximum atomic E-state index is 14.2. The standard InChI is InChI=1S/C17H17FN6O2/c1-10-5-11(3-4-12(10)6-20-17(25)26)15-14(18)8-19-16(23-15)22-13-7-21-24(2)9-13/h3-5,7-9,20H,6H2,1-2H3,(H,25,26)(H,19,22,23). The largest absolute Gasteiger partial charge is 0.465 e. The maximum absolute atomic E-state index is 14.2. The highest BCUT2D eigenvalue weighted by Gasteiger charge is 2.12. The summed E-state index contributed by atoms with van der Waals surface area (Å²) in [5, 5.41) is 18.0. The maximum Gasteiger partial charge on any atom is 0.404 e. The van der Waals surface area contributed by atoms with Crippen molar-refractivity contribution < 1.29 is 14.3 Å². The van der Waals surface area contributed by atoms with Crippen molar-refractivity contribution >= 4 is 17.7 Å². The molecule has 134 valence electrons. The van der Waals surface area contributed by atoms with Crippen LogP contribution >= 0.6 is 0 Å². The lowest BCUT2D eigenvalue weighted by molar-refractivity contribution is 0.194. The number of amides is 1. The van der Waals surface area contributed by atoms with Crippen molar-refractivity contribution in [2.45, 2.75) is 13.5 Å². The van der Waals surface area contributed by atoms with E-state index in [1.54, 1.807) is 42.3 Å². The van der Waals surface area contributed by atoms with E-state index in [1.165, 1.54) is 0 Å². The molecular weight excluding hydrogens is 339 g/mol.